The van der Waals surface area contributed by atoms with Gasteiger partial charge in [0.25, 0.3) is 0 Å². The summed E-state index contributed by atoms with van der Waals surface area (Å²) in [6.07, 6.45) is -4.57. The number of hydrogen-bond donors (Lipinski definition) is 1. The van der Waals surface area contributed by atoms with E-state index in [4.69, 9.17) is 4.74 Å². The number of carbonyl (C=O) groups is 1. The molecule has 34 heavy (non-hydrogen) atoms. The molecule has 0 aliphatic heterocycles. The summed E-state index contributed by atoms with van der Waals surface area (Å²) in [6, 6.07) is 19.3. The zero-order valence-electron chi connectivity index (χ0n) is 18.8. The van der Waals surface area contributed by atoms with Crippen molar-refractivity contribution < 1.29 is 27.8 Å². The van der Waals surface area contributed by atoms with Crippen molar-refractivity contribution in [1.82, 2.24) is 4.98 Å². The van der Waals surface area contributed by atoms with Gasteiger partial charge < -0.3 is 9.84 Å². The number of nitrogens with zero attached hydrogens (tertiary/aromatic N) is 1. The van der Waals surface area contributed by atoms with Gasteiger partial charge in [-0.1, -0.05) is 36.4 Å². The van der Waals surface area contributed by atoms with Crippen molar-refractivity contribution in [3.05, 3.63) is 83.9 Å². The van der Waals surface area contributed by atoms with Crippen LogP contribution in [0.5, 0.6) is 5.75 Å². The first-order valence-corrected chi connectivity index (χ1v) is 10.6. The lowest BCUT2D eigenvalue weighted by molar-refractivity contribution is -0.137. The Morgan fingerprint density at radius 1 is 0.824 bits per heavy atom. The van der Waals surface area contributed by atoms with E-state index in [1.54, 1.807) is 12.1 Å². The molecule has 0 amide bonds. The van der Waals surface area contributed by atoms with Gasteiger partial charge in [0.15, 0.2) is 0 Å². The van der Waals surface area contributed by atoms with E-state index in [1.807, 2.05) is 57.2 Å². The summed E-state index contributed by atoms with van der Waals surface area (Å²) < 4.78 is 45.1. The summed E-state index contributed by atoms with van der Waals surface area (Å²) in [5, 5.41) is 9.56. The van der Waals surface area contributed by atoms with Crippen molar-refractivity contribution in [2.75, 3.05) is 0 Å². The van der Waals surface area contributed by atoms with Crippen LogP contribution in [0.2, 0.25) is 0 Å². The predicted octanol–water partition coefficient (Wildman–Crippen LogP) is 7.46. The molecule has 1 heterocycles. The van der Waals surface area contributed by atoms with Crippen molar-refractivity contribution in [3.63, 3.8) is 0 Å². The summed E-state index contributed by atoms with van der Waals surface area (Å²) >= 11 is 0. The summed E-state index contributed by atoms with van der Waals surface area (Å²) in [5.74, 6) is -0.551. The maximum absolute atomic E-state index is 13.1. The van der Waals surface area contributed by atoms with E-state index in [0.29, 0.717) is 11.3 Å². The molecule has 0 bridgehead atoms. The topological polar surface area (TPSA) is 59.4 Å². The first-order chi connectivity index (χ1) is 15.9. The Morgan fingerprint density at radius 3 is 1.91 bits per heavy atom. The Hall–Kier alpha value is -3.87. The third-order valence-electron chi connectivity index (χ3n) is 5.16. The van der Waals surface area contributed by atoms with Gasteiger partial charge in [-0.3, -0.25) is 0 Å². The van der Waals surface area contributed by atoms with Crippen molar-refractivity contribution in [3.8, 4) is 28.1 Å². The molecule has 0 unspecified atom stereocenters. The monoisotopic (exact) mass is 465 g/mol. The highest BCUT2D eigenvalue weighted by molar-refractivity contribution is 6.04. The maximum Gasteiger partial charge on any atom is 0.416 e. The number of aromatic carboxylic acids is 1. The number of hydrogen-bond acceptors (Lipinski definition) is 3. The smallest absolute Gasteiger partial charge is 0.416 e. The van der Waals surface area contributed by atoms with Crippen LogP contribution in [0, 0.1) is 0 Å². The van der Waals surface area contributed by atoms with Gasteiger partial charge in [0, 0.05) is 10.9 Å². The fourth-order valence-electron chi connectivity index (χ4n) is 3.63. The molecule has 0 spiro atoms. The Bertz CT molecular complexity index is 1350. The average Bonchev–Trinajstić information content (AvgIpc) is 2.77. The van der Waals surface area contributed by atoms with Crippen LogP contribution < -0.4 is 4.74 Å². The van der Waals surface area contributed by atoms with E-state index in [9.17, 15) is 23.1 Å². The highest BCUT2D eigenvalue weighted by Gasteiger charge is 2.31. The summed E-state index contributed by atoms with van der Waals surface area (Å²) in [4.78, 5) is 16.2. The lowest BCUT2D eigenvalue weighted by Gasteiger charge is -2.21. The minimum atomic E-state index is -4.57. The third kappa shape index (κ3) is 5.03. The number of carboxylic acid groups (broad SMARTS) is 1. The molecule has 0 saturated carbocycles. The van der Waals surface area contributed by atoms with Gasteiger partial charge in [0.1, 0.15) is 11.4 Å². The molecule has 4 rings (SSSR count). The van der Waals surface area contributed by atoms with E-state index in [2.05, 4.69) is 4.98 Å². The maximum atomic E-state index is 13.1. The molecule has 3 aromatic carbocycles. The Kier molecular flexibility index (Phi) is 5.81. The molecule has 0 fully saturated rings. The Morgan fingerprint density at radius 2 is 1.38 bits per heavy atom. The minimum absolute atomic E-state index is 0.0553. The van der Waals surface area contributed by atoms with Crippen LogP contribution in [-0.2, 0) is 6.18 Å². The van der Waals surface area contributed by atoms with Gasteiger partial charge in [0.05, 0.1) is 22.3 Å². The molecular weight excluding hydrogens is 443 g/mol. The number of ether oxygens (including phenoxy) is 1. The van der Waals surface area contributed by atoms with Crippen LogP contribution in [0.4, 0.5) is 13.2 Å². The molecule has 1 N–H and O–H groups in total. The fourth-order valence-corrected chi connectivity index (χ4v) is 3.63. The van der Waals surface area contributed by atoms with Gasteiger partial charge >= 0.3 is 12.1 Å². The second-order valence-electron chi connectivity index (χ2n) is 8.91. The lowest BCUT2D eigenvalue weighted by Crippen LogP contribution is -2.22. The van der Waals surface area contributed by atoms with Crippen molar-refractivity contribution in [1.29, 1.82) is 0 Å². The number of pyridine rings is 1. The molecule has 174 valence electrons. The number of halogens is 3. The second kappa shape index (κ2) is 8.48. The fraction of sp³-hybridized carbons (Fsp3) is 0.185. The zero-order valence-corrected chi connectivity index (χ0v) is 18.8. The molecular formula is C27H22F3NO3. The van der Waals surface area contributed by atoms with Crippen LogP contribution in [0.3, 0.4) is 0 Å². The first-order valence-electron chi connectivity index (χ1n) is 10.6. The highest BCUT2D eigenvalue weighted by atomic mass is 19.4. The molecule has 0 saturated heterocycles. The van der Waals surface area contributed by atoms with Crippen LogP contribution in [0.15, 0.2) is 72.8 Å². The van der Waals surface area contributed by atoms with Crippen molar-refractivity contribution >= 4 is 16.9 Å². The van der Waals surface area contributed by atoms with Gasteiger partial charge in [-0.05, 0) is 68.3 Å². The minimum Gasteiger partial charge on any atom is -0.488 e. The highest BCUT2D eigenvalue weighted by Crippen LogP contribution is 2.34. The molecule has 0 atom stereocenters. The number of aromatic nitrogens is 1. The van der Waals surface area contributed by atoms with Crippen LogP contribution in [-0.4, -0.2) is 21.7 Å². The van der Waals surface area contributed by atoms with E-state index < -0.39 is 17.7 Å². The van der Waals surface area contributed by atoms with Gasteiger partial charge in [-0.2, -0.15) is 13.2 Å². The van der Waals surface area contributed by atoms with Crippen molar-refractivity contribution in [2.24, 2.45) is 0 Å². The van der Waals surface area contributed by atoms with Gasteiger partial charge in [0.2, 0.25) is 0 Å². The number of alkyl halides is 3. The Labute approximate surface area is 194 Å². The standard InChI is InChI=1S/C27H22F3NO3/c1-26(2,3)34-20-11-8-17(9-12-20)16-4-6-18(7-5-16)24-15-22(25(32)33)21-14-19(27(28,29)30)10-13-23(21)31-24/h4-15H,1-3H3,(H,32,33). The quantitative estimate of drug-likeness (QED) is 0.340. The van der Waals surface area contributed by atoms with Gasteiger partial charge in [-0.25, -0.2) is 9.78 Å². The van der Waals surface area contributed by atoms with Crippen LogP contribution in [0.1, 0.15) is 36.7 Å². The largest absolute Gasteiger partial charge is 0.488 e. The molecule has 4 nitrogen and oxygen atoms in total. The van der Waals surface area contributed by atoms with E-state index in [-0.39, 0.29) is 22.1 Å². The normalized spacial score (nSPS) is 12.1. The molecule has 0 radical (unpaired) electrons. The molecule has 7 heteroatoms. The van der Waals surface area contributed by atoms with E-state index in [0.717, 1.165) is 29.0 Å². The Balaban J connectivity index is 1.68. The molecule has 4 aromatic rings. The lowest BCUT2D eigenvalue weighted by atomic mass is 10.00. The summed E-state index contributed by atoms with van der Waals surface area (Å²) in [5.41, 5.74) is 1.68. The summed E-state index contributed by atoms with van der Waals surface area (Å²) in [7, 11) is 0. The average molecular weight is 465 g/mol. The van der Waals surface area contributed by atoms with Gasteiger partial charge in [-0.15, -0.1) is 0 Å². The molecule has 1 aromatic heterocycles. The molecule has 0 aliphatic carbocycles. The molecule has 0 aliphatic rings. The third-order valence-corrected chi connectivity index (χ3v) is 5.16. The predicted molar refractivity (Wildman–Crippen MR) is 125 cm³/mol. The number of fused-ring (bicyclic) bond motifs is 1. The second-order valence-corrected chi connectivity index (χ2v) is 8.91. The number of benzene rings is 3. The first kappa shape index (κ1) is 23.3. The van der Waals surface area contributed by atoms with Crippen LogP contribution in [0.25, 0.3) is 33.3 Å². The van der Waals surface area contributed by atoms with E-state index >= 15 is 0 Å². The van der Waals surface area contributed by atoms with E-state index in [1.165, 1.54) is 12.1 Å². The SMILES string of the molecule is CC(C)(C)Oc1ccc(-c2ccc(-c3cc(C(=O)O)c4cc(C(F)(F)F)ccc4n3)cc2)cc1. The van der Waals surface area contributed by atoms with Crippen molar-refractivity contribution in [2.45, 2.75) is 32.5 Å². The number of rotatable bonds is 4. The summed E-state index contributed by atoms with van der Waals surface area (Å²) in [6.45, 7) is 5.93. The van der Waals surface area contributed by atoms with Crippen LogP contribution >= 0.6 is 0 Å². The zero-order chi connectivity index (χ0) is 24.7. The number of carboxylic acids is 1.